The Hall–Kier alpha value is -12.5. The second-order valence-corrected chi connectivity index (χ2v) is 40.3. The number of piperazine rings is 1. The largest absolute Gasteiger partial charge is 0.493 e. The minimum Gasteiger partial charge on any atom is -0.493 e. The van der Waals surface area contributed by atoms with Gasteiger partial charge in [0.25, 0.3) is 5.91 Å². The van der Waals surface area contributed by atoms with Crippen LogP contribution in [0.3, 0.4) is 0 Å². The van der Waals surface area contributed by atoms with Gasteiger partial charge in [0.15, 0.2) is 0 Å². The number of nitrogens with zero attached hydrogens (tertiary/aromatic N) is 3. The smallest absolute Gasteiger partial charge is 0.335 e. The maximum atomic E-state index is 11.4. The summed E-state index contributed by atoms with van der Waals surface area (Å²) in [5.41, 5.74) is 21.7. The summed E-state index contributed by atoms with van der Waals surface area (Å²) in [5.74, 6) is 6.81. The molecule has 0 spiro atoms. The van der Waals surface area contributed by atoms with E-state index in [2.05, 4.69) is 122 Å². The van der Waals surface area contributed by atoms with Crippen LogP contribution in [0, 0.1) is 44.4 Å². The molecule has 3 saturated carbocycles. The molecule has 3 unspecified atom stereocenters. The first-order valence-corrected chi connectivity index (χ1v) is 54.5. The first kappa shape index (κ1) is 115. The minimum atomic E-state index is -0.918. The Morgan fingerprint density at radius 1 is 0.438 bits per heavy atom. The normalized spacial score (nSPS) is 14.4. The highest BCUT2D eigenvalue weighted by Crippen LogP contribution is 2.49. The zero-order chi connectivity index (χ0) is 104. The third-order valence-electron chi connectivity index (χ3n) is 27.9. The number of allylic oxidation sites excluding steroid dienone is 1. The minimum absolute atomic E-state index is 0.269. The molecule has 3 aliphatic carbocycles. The summed E-state index contributed by atoms with van der Waals surface area (Å²) in [6, 6.07) is 72.2. The number of hydrogen-bond acceptors (Lipinski definition) is 15. The molecule has 3 atom stereocenters. The Labute approximate surface area is 872 Å². The molecular weight excluding hydrogens is 1840 g/mol. The quantitative estimate of drug-likeness (QED) is 0.00465. The molecule has 1 amide bonds. The van der Waals surface area contributed by atoms with Gasteiger partial charge in [0.2, 0.25) is 5.88 Å². The van der Waals surface area contributed by atoms with E-state index in [-0.39, 0.29) is 11.5 Å². The summed E-state index contributed by atoms with van der Waals surface area (Å²) in [6.45, 7) is 28.2. The number of rotatable bonds is 48. The molecule has 21 heteroatoms. The summed E-state index contributed by atoms with van der Waals surface area (Å²) in [5, 5.41) is 45.8. The molecule has 780 valence electrons. The van der Waals surface area contributed by atoms with E-state index in [0.717, 1.165) is 172 Å². The highest BCUT2D eigenvalue weighted by atomic mass is 32.1. The topological polar surface area (TPSA) is 298 Å². The maximum absolute atomic E-state index is 11.4. The van der Waals surface area contributed by atoms with Crippen molar-refractivity contribution in [2.45, 2.75) is 261 Å². The monoisotopic (exact) mass is 2000 g/mol. The molecule has 1 aromatic heterocycles. The predicted octanol–water partition coefficient (Wildman–Crippen LogP) is 30.7. The lowest BCUT2D eigenvalue weighted by Crippen LogP contribution is -2.46. The fourth-order valence-corrected chi connectivity index (χ4v) is 19.4. The molecule has 20 nitrogen and oxygen atoms in total. The van der Waals surface area contributed by atoms with Crippen LogP contribution in [0.15, 0.2) is 242 Å². The van der Waals surface area contributed by atoms with Crippen molar-refractivity contribution in [3.63, 3.8) is 0 Å². The van der Waals surface area contributed by atoms with E-state index >= 15 is 0 Å². The molecule has 0 bridgehead atoms. The number of carbonyl (C=O) groups is 6. The number of carboxylic acids is 5. The molecule has 10 aromatic carbocycles. The predicted molar refractivity (Wildman–Crippen MR) is 595 cm³/mol. The van der Waals surface area contributed by atoms with Gasteiger partial charge in [0.1, 0.15) is 23.1 Å². The fraction of sp³-hybridized carbons (Fsp3) is 0.432. The first-order valence-electron chi connectivity index (χ1n) is 53.7. The lowest BCUT2D eigenvalue weighted by molar-refractivity contribution is 0.0686. The SMILES string of the molecule is CCCC1CCCC(c2ccc(-c3ccc(C(=O)O)cc3)cc2)CC1.CCCCC(CC)COc1nc(-c2ccc(C(=O)O)cc2)sc1C.CCCCCCCCN1CCN(c2ccc(C(=O)O)cc2)CC1.CCCCCCCc1ccc(-c2ccc(C(=O)NN)cc2)cc1.CCCCOCCOc1cc(C)c(-c2ccc(C(=O)O)cc2)cc1C.O=C(O)c1ccc(-c2ccc(OCCC=C(C3CC3)C3CC3)cc2)cc1. The van der Waals surface area contributed by atoms with Crippen LogP contribution in [-0.4, -0.2) is 137 Å². The summed E-state index contributed by atoms with van der Waals surface area (Å²) in [4.78, 5) is 76.7. The number of nitrogen functional groups attached to an aromatic ring is 1. The number of hydrogen-bond donors (Lipinski definition) is 7. The van der Waals surface area contributed by atoms with E-state index < -0.39 is 29.8 Å². The van der Waals surface area contributed by atoms with Crippen LogP contribution in [0.1, 0.15) is 323 Å². The van der Waals surface area contributed by atoms with E-state index in [1.165, 1.54) is 184 Å². The van der Waals surface area contributed by atoms with Crippen molar-refractivity contribution in [3.8, 4) is 72.5 Å². The first-order chi connectivity index (χ1) is 70.9. The number of benzene rings is 10. The maximum Gasteiger partial charge on any atom is 0.335 e. The van der Waals surface area contributed by atoms with Crippen LogP contribution in [0.4, 0.5) is 5.69 Å². The van der Waals surface area contributed by atoms with E-state index in [0.29, 0.717) is 65.4 Å². The summed E-state index contributed by atoms with van der Waals surface area (Å²) in [6.07, 6.45) is 41.2. The van der Waals surface area contributed by atoms with Crippen LogP contribution in [-0.2, 0) is 11.2 Å². The second-order valence-electron chi connectivity index (χ2n) is 39.1. The Bertz CT molecular complexity index is 5740. The Morgan fingerprint density at radius 3 is 1.40 bits per heavy atom. The number of anilines is 1. The number of nitrogens with one attached hydrogen (secondary N) is 1. The number of unbranched alkanes of at least 4 members (excludes halogenated alkanes) is 11. The number of carbonyl (C=O) groups excluding carboxylic acids is 1. The highest BCUT2D eigenvalue weighted by molar-refractivity contribution is 7.15. The number of nitrogens with two attached hydrogens (primary N) is 1. The van der Waals surface area contributed by atoms with E-state index in [1.807, 2.05) is 112 Å². The standard InChI is InChI=1S/C23H24O3.C23H28O2.C21H26O4.C20H26N2O.C19H30N2O2.C19H25NO3S/c24-23(25)20-9-3-16(4-10-20)17-11-13-21(14-12-17)26-15-1-2-22(18-5-6-18)19-7-8-19;1-2-4-17-5-3-6-18(8-7-17)19-9-11-20(12-10-19)21-13-15-22(16-14-21)23(24)25;1-4-5-10-24-11-12-25-20-14-15(2)19(13-16(20)3)17-6-8-18(9-7-17)21(22)23;1-2-3-4-5-6-7-16-8-10-17(11-9-16)18-12-14-19(15-13-18)20(23)22-21;1-2-3-4-5-6-7-12-20-13-15-21(16-14-20)18-10-8-17(9-11-18)19(22)23;1-4-6-7-14(5-2)12-23-17-13(3)24-18(20-17)15-8-10-16(11-9-15)19(21)22/h2-4,9-14,18-19H,1,5-8,15H2,(H,24,25);9-18H,2-8H2,1H3,(H,24,25);6-9,13-14H,4-5,10-12H2,1-3H3,(H,22,23);8-15H,2-7,21H2,1H3,(H,22,23);8-11H,2-7,12-16H2,1H3,(H,22,23);8-11,14H,4-7,12H2,1-3H3,(H,21,22). The zero-order valence-electron chi connectivity index (χ0n) is 87.8. The number of thiazole rings is 1. The molecular formula is C125H159N5O15S. The fourth-order valence-electron chi connectivity index (χ4n) is 18.6. The summed E-state index contributed by atoms with van der Waals surface area (Å²) >= 11 is 1.58. The number of aryl methyl sites for hydroxylation is 4. The molecule has 11 aromatic rings. The molecule has 0 radical (unpaired) electrons. The van der Waals surface area contributed by atoms with Gasteiger partial charge in [0, 0.05) is 49.6 Å². The zero-order valence-corrected chi connectivity index (χ0v) is 88.6. The van der Waals surface area contributed by atoms with Crippen molar-refractivity contribution in [1.29, 1.82) is 0 Å². The van der Waals surface area contributed by atoms with Gasteiger partial charge in [-0.15, -0.1) is 11.3 Å². The highest BCUT2D eigenvalue weighted by Gasteiger charge is 2.36. The number of aromatic carboxylic acids is 5. The lowest BCUT2D eigenvalue weighted by atomic mass is 9.89. The number of amides is 1. The van der Waals surface area contributed by atoms with Gasteiger partial charge in [0.05, 0.1) is 52.5 Å². The van der Waals surface area contributed by atoms with Crippen molar-refractivity contribution >= 4 is 52.8 Å². The van der Waals surface area contributed by atoms with Crippen LogP contribution in [0.5, 0.6) is 17.4 Å². The number of hydrazine groups is 1. The van der Waals surface area contributed by atoms with Crippen molar-refractivity contribution < 1.29 is 73.2 Å². The molecule has 8 N–H and O–H groups in total. The Kier molecular flexibility index (Phi) is 49.9. The van der Waals surface area contributed by atoms with E-state index in [9.17, 15) is 28.8 Å². The van der Waals surface area contributed by atoms with Crippen molar-refractivity contribution in [1.82, 2.24) is 15.3 Å². The number of carboxylic acid groups (broad SMARTS) is 5. The van der Waals surface area contributed by atoms with E-state index in [4.69, 9.17) is 50.3 Å². The van der Waals surface area contributed by atoms with Gasteiger partial charge < -0.3 is 49.4 Å². The third-order valence-corrected chi connectivity index (χ3v) is 28.9. The van der Waals surface area contributed by atoms with Crippen molar-refractivity contribution in [2.75, 3.05) is 70.7 Å². The van der Waals surface area contributed by atoms with Gasteiger partial charge in [-0.05, 0) is 316 Å². The van der Waals surface area contributed by atoms with Crippen LogP contribution >= 0.6 is 11.3 Å². The Morgan fingerprint density at radius 2 is 0.904 bits per heavy atom. The van der Waals surface area contributed by atoms with Crippen molar-refractivity contribution in [3.05, 3.63) is 303 Å². The molecule has 1 saturated heterocycles. The average molecular weight is 2000 g/mol. The molecule has 15 rings (SSSR count). The van der Waals surface area contributed by atoms with Crippen molar-refractivity contribution in [2.24, 2.45) is 29.5 Å². The van der Waals surface area contributed by atoms with Crippen LogP contribution < -0.4 is 30.4 Å². The van der Waals surface area contributed by atoms with Gasteiger partial charge in [-0.2, -0.15) is 0 Å². The summed E-state index contributed by atoms with van der Waals surface area (Å²) < 4.78 is 23.2. The lowest BCUT2D eigenvalue weighted by Gasteiger charge is -2.36. The van der Waals surface area contributed by atoms with Gasteiger partial charge >= 0.3 is 29.8 Å². The van der Waals surface area contributed by atoms with Crippen LogP contribution in [0.25, 0.3) is 55.1 Å². The number of ether oxygens (including phenoxy) is 4. The summed E-state index contributed by atoms with van der Waals surface area (Å²) in [7, 11) is 0. The molecule has 4 aliphatic rings. The molecule has 1 aliphatic heterocycles. The van der Waals surface area contributed by atoms with Gasteiger partial charge in [-0.1, -0.05) is 284 Å². The molecule has 2 heterocycles. The second kappa shape index (κ2) is 63.1. The third kappa shape index (κ3) is 39.4. The van der Waals surface area contributed by atoms with Crippen LogP contribution in [0.2, 0.25) is 0 Å². The molecule has 4 fully saturated rings. The van der Waals surface area contributed by atoms with E-state index in [1.54, 1.807) is 102 Å². The average Bonchev–Trinajstić information content (AvgIpc) is 1.67. The van der Waals surface area contributed by atoms with Gasteiger partial charge in [-0.25, -0.2) is 34.8 Å². The molecule has 146 heavy (non-hydrogen) atoms. The number of aromatic nitrogens is 1. The van der Waals surface area contributed by atoms with Gasteiger partial charge in [-0.3, -0.25) is 15.1 Å². The Balaban J connectivity index is 0.000000180.